The molecule has 15 heavy (non-hydrogen) atoms. The predicted octanol–water partition coefficient (Wildman–Crippen LogP) is 2.21. The highest BCUT2D eigenvalue weighted by molar-refractivity contribution is 6.69. The van der Waals surface area contributed by atoms with Crippen molar-refractivity contribution >= 4 is 8.32 Å². The second-order valence-corrected chi connectivity index (χ2v) is 8.67. The van der Waals surface area contributed by atoms with Crippen molar-refractivity contribution in [1.82, 2.24) is 0 Å². The van der Waals surface area contributed by atoms with Crippen molar-refractivity contribution in [2.45, 2.75) is 39.5 Å². The molecule has 0 atom stereocenters. The van der Waals surface area contributed by atoms with E-state index < -0.39 is 14.3 Å². The van der Waals surface area contributed by atoms with Crippen LogP contribution >= 0.6 is 0 Å². The molecule has 0 aromatic carbocycles. The standard InChI is InChI=1S/C10H24O4Si/c1-7-12-10(11-3,13-8-2)9-14-15(4,5)6/h7-9H2,1-6H3. The molecule has 0 radical (unpaired) electrons. The van der Waals surface area contributed by atoms with Crippen molar-refractivity contribution in [2.75, 3.05) is 26.9 Å². The van der Waals surface area contributed by atoms with Gasteiger partial charge in [0.2, 0.25) is 0 Å². The highest BCUT2D eigenvalue weighted by atomic mass is 28.4. The van der Waals surface area contributed by atoms with E-state index in [1.165, 1.54) is 0 Å². The van der Waals surface area contributed by atoms with E-state index in [2.05, 4.69) is 19.6 Å². The zero-order chi connectivity index (χ0) is 11.9. The first-order valence-electron chi connectivity index (χ1n) is 5.36. The maximum atomic E-state index is 5.75. The molecular weight excluding hydrogens is 212 g/mol. The van der Waals surface area contributed by atoms with Crippen LogP contribution in [0, 0.1) is 0 Å². The molecule has 0 saturated heterocycles. The van der Waals surface area contributed by atoms with Gasteiger partial charge in [-0.2, -0.15) is 0 Å². The topological polar surface area (TPSA) is 36.9 Å². The van der Waals surface area contributed by atoms with Gasteiger partial charge in [0.1, 0.15) is 6.61 Å². The number of rotatable bonds is 8. The van der Waals surface area contributed by atoms with Gasteiger partial charge >= 0.3 is 5.97 Å². The summed E-state index contributed by atoms with van der Waals surface area (Å²) in [7, 11) is -0.0130. The first-order valence-corrected chi connectivity index (χ1v) is 8.77. The van der Waals surface area contributed by atoms with Crippen molar-refractivity contribution in [2.24, 2.45) is 0 Å². The summed E-state index contributed by atoms with van der Waals surface area (Å²) in [6, 6.07) is 0. The van der Waals surface area contributed by atoms with Gasteiger partial charge in [0.25, 0.3) is 0 Å². The van der Waals surface area contributed by atoms with Crippen molar-refractivity contribution in [1.29, 1.82) is 0 Å². The summed E-state index contributed by atoms with van der Waals surface area (Å²) in [5.41, 5.74) is 0. The lowest BCUT2D eigenvalue weighted by atomic mass is 10.5. The molecule has 0 unspecified atom stereocenters. The summed E-state index contributed by atoms with van der Waals surface area (Å²) < 4.78 is 22.0. The SMILES string of the molecule is CCOC(CO[Si](C)(C)C)(OC)OCC. The Morgan fingerprint density at radius 1 is 1.00 bits per heavy atom. The maximum absolute atomic E-state index is 5.75. The van der Waals surface area contributed by atoms with Crippen LogP contribution in [0.15, 0.2) is 0 Å². The van der Waals surface area contributed by atoms with Crippen molar-refractivity contribution < 1.29 is 18.6 Å². The molecule has 0 bridgehead atoms. The molecule has 0 heterocycles. The fourth-order valence-corrected chi connectivity index (χ4v) is 1.66. The second kappa shape index (κ2) is 6.60. The zero-order valence-electron chi connectivity index (χ0n) is 10.8. The molecule has 0 saturated carbocycles. The molecule has 5 heteroatoms. The van der Waals surface area contributed by atoms with Gasteiger partial charge in [0.15, 0.2) is 8.32 Å². The monoisotopic (exact) mass is 236 g/mol. The Kier molecular flexibility index (Phi) is 6.62. The van der Waals surface area contributed by atoms with Gasteiger partial charge in [0.05, 0.1) is 0 Å². The minimum atomic E-state index is -1.58. The maximum Gasteiger partial charge on any atom is 0.306 e. The molecule has 92 valence electrons. The third kappa shape index (κ3) is 6.27. The number of ether oxygens (including phenoxy) is 3. The predicted molar refractivity (Wildman–Crippen MR) is 62.3 cm³/mol. The van der Waals surface area contributed by atoms with Crippen LogP contribution in [0.3, 0.4) is 0 Å². The summed E-state index contributed by atoms with van der Waals surface area (Å²) in [4.78, 5) is 0. The molecule has 0 N–H and O–H groups in total. The summed E-state index contributed by atoms with van der Waals surface area (Å²) >= 11 is 0. The van der Waals surface area contributed by atoms with Gasteiger partial charge in [-0.3, -0.25) is 0 Å². The molecular formula is C10H24O4Si. The van der Waals surface area contributed by atoms with Gasteiger partial charge < -0.3 is 18.6 Å². The summed E-state index contributed by atoms with van der Waals surface area (Å²) in [6.07, 6.45) is 0. The minimum absolute atomic E-state index is 0.320. The van der Waals surface area contributed by atoms with E-state index in [1.807, 2.05) is 13.8 Å². The quantitative estimate of drug-likeness (QED) is 0.478. The third-order valence-electron chi connectivity index (χ3n) is 1.72. The average Bonchev–Trinajstić information content (AvgIpc) is 2.14. The van der Waals surface area contributed by atoms with Gasteiger partial charge in [-0.1, -0.05) is 0 Å². The summed E-state index contributed by atoms with van der Waals surface area (Å²) in [6.45, 7) is 11.5. The molecule has 0 aromatic rings. The van der Waals surface area contributed by atoms with Crippen LogP contribution in [0.2, 0.25) is 19.6 Å². The largest absolute Gasteiger partial charge is 0.409 e. The molecule has 0 amide bonds. The van der Waals surface area contributed by atoms with Gasteiger partial charge in [-0.05, 0) is 33.5 Å². The Morgan fingerprint density at radius 3 is 1.73 bits per heavy atom. The van der Waals surface area contributed by atoms with E-state index in [-0.39, 0.29) is 0 Å². The molecule has 0 aromatic heterocycles. The van der Waals surface area contributed by atoms with E-state index in [1.54, 1.807) is 7.11 Å². The van der Waals surface area contributed by atoms with Crippen LogP contribution < -0.4 is 0 Å². The number of methoxy groups -OCH3 is 1. The lowest BCUT2D eigenvalue weighted by molar-refractivity contribution is -0.378. The molecule has 0 rings (SSSR count). The Hall–Kier alpha value is 0.0569. The van der Waals surface area contributed by atoms with E-state index >= 15 is 0 Å². The molecule has 0 aliphatic heterocycles. The zero-order valence-corrected chi connectivity index (χ0v) is 11.8. The number of hydrogen-bond donors (Lipinski definition) is 0. The van der Waals surface area contributed by atoms with E-state index in [4.69, 9.17) is 18.6 Å². The molecule has 0 aliphatic carbocycles. The molecule has 4 nitrogen and oxygen atoms in total. The number of hydrogen-bond acceptors (Lipinski definition) is 4. The summed E-state index contributed by atoms with van der Waals surface area (Å²) in [5, 5.41) is 0. The molecule has 0 aliphatic rings. The smallest absolute Gasteiger partial charge is 0.306 e. The molecule has 0 fully saturated rings. The van der Waals surface area contributed by atoms with Crippen LogP contribution in [0.25, 0.3) is 0 Å². The van der Waals surface area contributed by atoms with Crippen LogP contribution in [0.4, 0.5) is 0 Å². The van der Waals surface area contributed by atoms with Crippen LogP contribution in [0.1, 0.15) is 13.8 Å². The van der Waals surface area contributed by atoms with Crippen LogP contribution in [-0.4, -0.2) is 41.2 Å². The first kappa shape index (κ1) is 15.1. The van der Waals surface area contributed by atoms with Crippen LogP contribution in [-0.2, 0) is 18.6 Å². The van der Waals surface area contributed by atoms with Gasteiger partial charge in [0, 0.05) is 20.3 Å². The fourth-order valence-electron chi connectivity index (χ4n) is 1.05. The van der Waals surface area contributed by atoms with Crippen molar-refractivity contribution in [3.8, 4) is 0 Å². The van der Waals surface area contributed by atoms with Gasteiger partial charge in [-0.15, -0.1) is 0 Å². The lowest BCUT2D eigenvalue weighted by Crippen LogP contribution is -2.46. The van der Waals surface area contributed by atoms with E-state index in [0.717, 1.165) is 0 Å². The van der Waals surface area contributed by atoms with Crippen LogP contribution in [0.5, 0.6) is 0 Å². The lowest BCUT2D eigenvalue weighted by Gasteiger charge is -2.33. The van der Waals surface area contributed by atoms with E-state index in [9.17, 15) is 0 Å². The van der Waals surface area contributed by atoms with Crippen molar-refractivity contribution in [3.63, 3.8) is 0 Å². The fraction of sp³-hybridized carbons (Fsp3) is 1.00. The normalized spacial score (nSPS) is 13.2. The Bertz CT molecular complexity index is 161. The Balaban J connectivity index is 4.33. The molecule has 0 spiro atoms. The second-order valence-electron chi connectivity index (χ2n) is 4.15. The highest BCUT2D eigenvalue weighted by Crippen LogP contribution is 2.17. The first-order chi connectivity index (χ1) is 6.89. The summed E-state index contributed by atoms with van der Waals surface area (Å²) in [5.74, 6) is -1.04. The minimum Gasteiger partial charge on any atom is -0.409 e. The van der Waals surface area contributed by atoms with Gasteiger partial charge in [-0.25, -0.2) is 0 Å². The average molecular weight is 236 g/mol. The Labute approximate surface area is 94.0 Å². The third-order valence-corrected chi connectivity index (χ3v) is 2.73. The van der Waals surface area contributed by atoms with E-state index in [0.29, 0.717) is 19.8 Å². The Morgan fingerprint density at radius 2 is 1.47 bits per heavy atom. The van der Waals surface area contributed by atoms with Crippen molar-refractivity contribution in [3.05, 3.63) is 0 Å². The highest BCUT2D eigenvalue weighted by Gasteiger charge is 2.34.